The number of carbonyl (C=O) groups is 1. The first-order valence-electron chi connectivity index (χ1n) is 7.61. The maximum absolute atomic E-state index is 11.7. The zero-order valence-corrected chi connectivity index (χ0v) is 12.9. The monoisotopic (exact) mass is 274 g/mol. The van der Waals surface area contributed by atoms with Crippen molar-refractivity contribution >= 4 is 5.91 Å². The Hall–Kier alpha value is -1.35. The molecule has 0 bridgehead atoms. The minimum Gasteiger partial charge on any atom is -0.343 e. The summed E-state index contributed by atoms with van der Waals surface area (Å²) in [6.45, 7) is 8.16. The normalized spacial score (nSPS) is 20.7. The molecule has 1 aromatic carbocycles. The Morgan fingerprint density at radius 2 is 2.05 bits per heavy atom. The van der Waals surface area contributed by atoms with E-state index >= 15 is 0 Å². The van der Waals surface area contributed by atoms with Crippen molar-refractivity contribution in [2.24, 2.45) is 5.92 Å². The average molecular weight is 274 g/mol. The summed E-state index contributed by atoms with van der Waals surface area (Å²) in [6, 6.07) is 10.6. The van der Waals surface area contributed by atoms with E-state index in [0.29, 0.717) is 17.7 Å². The summed E-state index contributed by atoms with van der Waals surface area (Å²) in [5.74, 6) is 1.35. The topological polar surface area (TPSA) is 23.6 Å². The van der Waals surface area contributed by atoms with Gasteiger partial charge in [0.25, 0.3) is 0 Å². The zero-order valence-electron chi connectivity index (χ0n) is 12.9. The second-order valence-corrected chi connectivity index (χ2v) is 6.04. The Labute approximate surface area is 122 Å². The highest BCUT2D eigenvalue weighted by atomic mass is 16.2. The van der Waals surface area contributed by atoms with Crippen LogP contribution in [-0.2, 0) is 4.79 Å². The van der Waals surface area contributed by atoms with E-state index in [4.69, 9.17) is 0 Å². The van der Waals surface area contributed by atoms with Crippen LogP contribution >= 0.6 is 0 Å². The van der Waals surface area contributed by atoms with Gasteiger partial charge in [-0.25, -0.2) is 0 Å². The maximum atomic E-state index is 11.7. The van der Waals surface area contributed by atoms with Gasteiger partial charge in [0.2, 0.25) is 5.91 Å². The van der Waals surface area contributed by atoms with E-state index in [0.717, 1.165) is 32.6 Å². The van der Waals surface area contributed by atoms with Gasteiger partial charge in [-0.05, 0) is 31.4 Å². The van der Waals surface area contributed by atoms with E-state index in [-0.39, 0.29) is 0 Å². The largest absolute Gasteiger partial charge is 0.343 e. The summed E-state index contributed by atoms with van der Waals surface area (Å²) >= 11 is 0. The molecule has 3 nitrogen and oxygen atoms in total. The highest BCUT2D eigenvalue weighted by Gasteiger charge is 2.29. The molecule has 0 aromatic heterocycles. The quantitative estimate of drug-likeness (QED) is 0.796. The number of benzene rings is 1. The molecule has 0 unspecified atom stereocenters. The van der Waals surface area contributed by atoms with E-state index in [1.807, 2.05) is 4.90 Å². The third-order valence-corrected chi connectivity index (χ3v) is 4.20. The number of likely N-dealkylation sites (N-methyl/N-ethyl adjacent to an activating group) is 1. The summed E-state index contributed by atoms with van der Waals surface area (Å²) in [6.07, 6.45) is 0.720. The number of carbonyl (C=O) groups excluding carboxylic acids is 1. The van der Waals surface area contributed by atoms with Crippen LogP contribution in [0.2, 0.25) is 0 Å². The smallest absolute Gasteiger partial charge is 0.222 e. The highest BCUT2D eigenvalue weighted by Crippen LogP contribution is 2.20. The Bertz CT molecular complexity index is 432. The molecule has 1 amide bonds. The van der Waals surface area contributed by atoms with Crippen LogP contribution in [0, 0.1) is 5.92 Å². The Morgan fingerprint density at radius 1 is 1.35 bits per heavy atom. The summed E-state index contributed by atoms with van der Waals surface area (Å²) < 4.78 is 0. The molecule has 0 spiro atoms. The third-order valence-electron chi connectivity index (χ3n) is 4.20. The molecule has 1 heterocycles. The number of hydrogen-bond acceptors (Lipinski definition) is 2. The van der Waals surface area contributed by atoms with Gasteiger partial charge < -0.3 is 9.80 Å². The Morgan fingerprint density at radius 3 is 2.65 bits per heavy atom. The fraction of sp³-hybridized carbons (Fsp3) is 0.588. The van der Waals surface area contributed by atoms with Gasteiger partial charge >= 0.3 is 0 Å². The van der Waals surface area contributed by atoms with Gasteiger partial charge in [-0.2, -0.15) is 0 Å². The van der Waals surface area contributed by atoms with Crippen molar-refractivity contribution < 1.29 is 4.79 Å². The van der Waals surface area contributed by atoms with E-state index in [1.165, 1.54) is 5.56 Å². The van der Waals surface area contributed by atoms with Gasteiger partial charge in [-0.1, -0.05) is 37.3 Å². The van der Waals surface area contributed by atoms with Crippen molar-refractivity contribution in [3.8, 4) is 0 Å². The minimum absolute atomic E-state index is 0.321. The molecule has 0 saturated carbocycles. The fourth-order valence-corrected chi connectivity index (χ4v) is 3.15. The SMILES string of the molecule is CCN1C[C@H](CN(C)C[C@H](C)c2ccccc2)CC1=O. The Balaban J connectivity index is 1.81. The van der Waals surface area contributed by atoms with Gasteiger partial charge in [0.15, 0.2) is 0 Å². The maximum Gasteiger partial charge on any atom is 0.222 e. The second-order valence-electron chi connectivity index (χ2n) is 6.04. The molecule has 1 fully saturated rings. The van der Waals surface area contributed by atoms with Crippen LogP contribution in [0.4, 0.5) is 0 Å². The molecule has 110 valence electrons. The first-order valence-corrected chi connectivity index (χ1v) is 7.61. The van der Waals surface area contributed by atoms with Crippen molar-refractivity contribution in [1.82, 2.24) is 9.80 Å². The lowest BCUT2D eigenvalue weighted by Gasteiger charge is -2.24. The van der Waals surface area contributed by atoms with E-state index in [2.05, 4.69) is 56.1 Å². The molecule has 0 aliphatic carbocycles. The second kappa shape index (κ2) is 6.89. The van der Waals surface area contributed by atoms with Crippen molar-refractivity contribution in [2.45, 2.75) is 26.2 Å². The number of amides is 1. The summed E-state index contributed by atoms with van der Waals surface area (Å²) in [4.78, 5) is 16.1. The molecular formula is C17H26N2O. The lowest BCUT2D eigenvalue weighted by Crippen LogP contribution is -2.31. The van der Waals surface area contributed by atoms with E-state index in [1.54, 1.807) is 0 Å². The van der Waals surface area contributed by atoms with Gasteiger partial charge in [0.05, 0.1) is 0 Å². The van der Waals surface area contributed by atoms with Crippen LogP contribution in [-0.4, -0.2) is 48.9 Å². The van der Waals surface area contributed by atoms with Crippen LogP contribution in [0.15, 0.2) is 30.3 Å². The standard InChI is InChI=1S/C17H26N2O/c1-4-19-13-15(10-17(19)20)12-18(3)11-14(2)16-8-6-5-7-9-16/h5-9,14-15H,4,10-13H2,1-3H3/t14-,15-/m0/s1. The van der Waals surface area contributed by atoms with Crippen molar-refractivity contribution in [1.29, 1.82) is 0 Å². The number of rotatable bonds is 6. The fourth-order valence-electron chi connectivity index (χ4n) is 3.15. The van der Waals surface area contributed by atoms with Crippen molar-refractivity contribution in [2.75, 3.05) is 33.2 Å². The molecule has 0 radical (unpaired) electrons. The molecule has 3 heteroatoms. The lowest BCUT2D eigenvalue weighted by atomic mass is 10.00. The lowest BCUT2D eigenvalue weighted by molar-refractivity contribution is -0.127. The van der Waals surface area contributed by atoms with Gasteiger partial charge in [-0.15, -0.1) is 0 Å². The summed E-state index contributed by atoms with van der Waals surface area (Å²) in [5.41, 5.74) is 1.39. The molecular weight excluding hydrogens is 248 g/mol. The minimum atomic E-state index is 0.321. The number of likely N-dealkylation sites (tertiary alicyclic amines) is 1. The van der Waals surface area contributed by atoms with Crippen LogP contribution in [0.1, 0.15) is 31.7 Å². The first-order chi connectivity index (χ1) is 9.60. The Kier molecular flexibility index (Phi) is 5.18. The highest BCUT2D eigenvalue weighted by molar-refractivity contribution is 5.78. The number of nitrogens with zero attached hydrogens (tertiary/aromatic N) is 2. The van der Waals surface area contributed by atoms with Crippen molar-refractivity contribution in [3.63, 3.8) is 0 Å². The molecule has 1 saturated heterocycles. The van der Waals surface area contributed by atoms with Crippen LogP contribution in [0.3, 0.4) is 0 Å². The molecule has 1 aliphatic heterocycles. The van der Waals surface area contributed by atoms with Crippen LogP contribution in [0.5, 0.6) is 0 Å². The first kappa shape index (κ1) is 15.0. The van der Waals surface area contributed by atoms with Gasteiger partial charge in [0, 0.05) is 32.6 Å². The van der Waals surface area contributed by atoms with Crippen LogP contribution < -0.4 is 0 Å². The predicted octanol–water partition coefficient (Wildman–Crippen LogP) is 2.59. The van der Waals surface area contributed by atoms with Gasteiger partial charge in [0.1, 0.15) is 0 Å². The molecule has 0 N–H and O–H groups in total. The molecule has 1 aliphatic rings. The molecule has 1 aromatic rings. The van der Waals surface area contributed by atoms with Crippen molar-refractivity contribution in [3.05, 3.63) is 35.9 Å². The van der Waals surface area contributed by atoms with E-state index < -0.39 is 0 Å². The third kappa shape index (κ3) is 3.83. The summed E-state index contributed by atoms with van der Waals surface area (Å²) in [5, 5.41) is 0. The number of hydrogen-bond donors (Lipinski definition) is 0. The predicted molar refractivity (Wildman–Crippen MR) is 82.7 cm³/mol. The average Bonchev–Trinajstić information content (AvgIpc) is 2.79. The summed E-state index contributed by atoms with van der Waals surface area (Å²) in [7, 11) is 2.17. The molecule has 20 heavy (non-hydrogen) atoms. The van der Waals surface area contributed by atoms with Crippen LogP contribution in [0.25, 0.3) is 0 Å². The zero-order chi connectivity index (χ0) is 14.5. The van der Waals surface area contributed by atoms with E-state index in [9.17, 15) is 4.79 Å². The molecule has 2 rings (SSSR count). The van der Waals surface area contributed by atoms with Gasteiger partial charge in [-0.3, -0.25) is 4.79 Å². The molecule has 2 atom stereocenters.